The Kier molecular flexibility index (Phi) is 7.21. The number of benzene rings is 6. The van der Waals surface area contributed by atoms with Crippen LogP contribution >= 0.6 is 23.5 Å². The van der Waals surface area contributed by atoms with E-state index in [0.29, 0.717) is 44.7 Å². The maximum atomic E-state index is 2.59. The Bertz CT molecular complexity index is 3190. The maximum Gasteiger partial charge on any atom is 0.0538 e. The van der Waals surface area contributed by atoms with Crippen LogP contribution in [0.25, 0.3) is 78.0 Å². The van der Waals surface area contributed by atoms with Gasteiger partial charge in [-0.2, -0.15) is 0 Å². The molecule has 0 radical (unpaired) electrons. The lowest BCUT2D eigenvalue weighted by atomic mass is 9.79. The standard InChI is InChI=1S/C56H40N2S2/c1-2-14-37-33(13-1)31-46(39-16-4-3-15-38(37)39)34-29-35(57-47-21-9-5-19-44(47)53-49(57)27-25-42-40-17-7-11-23-51(40)59-55(42)53)32-36(30-34)58-48-22-10-6-20-45(48)54-50(58)28-26-43-41-18-8-12-24-52(41)60-56(43)54/h1-32,40-43,51-52,55-56H. The van der Waals surface area contributed by atoms with Crippen molar-refractivity contribution in [3.05, 3.63) is 205 Å². The van der Waals surface area contributed by atoms with Gasteiger partial charge in [0.1, 0.15) is 0 Å². The van der Waals surface area contributed by atoms with Gasteiger partial charge in [-0.1, -0.05) is 146 Å². The Morgan fingerprint density at radius 2 is 0.883 bits per heavy atom. The van der Waals surface area contributed by atoms with Gasteiger partial charge >= 0.3 is 0 Å². The lowest BCUT2D eigenvalue weighted by Gasteiger charge is -2.25. The van der Waals surface area contributed by atoms with Gasteiger partial charge in [0.25, 0.3) is 0 Å². The monoisotopic (exact) mass is 804 g/mol. The van der Waals surface area contributed by atoms with Crippen LogP contribution in [0.3, 0.4) is 0 Å². The highest BCUT2D eigenvalue weighted by Crippen LogP contribution is 2.61. The summed E-state index contributed by atoms with van der Waals surface area (Å²) >= 11 is 4.31. The largest absolute Gasteiger partial charge is 0.309 e. The van der Waals surface area contributed by atoms with Gasteiger partial charge < -0.3 is 9.13 Å². The maximum absolute atomic E-state index is 2.59. The second-order valence-corrected chi connectivity index (χ2v) is 20.0. The lowest BCUT2D eigenvalue weighted by molar-refractivity contribution is 0.506. The summed E-state index contributed by atoms with van der Waals surface area (Å²) < 4.78 is 5.17. The number of fused-ring (bicyclic) bond motifs is 17. The van der Waals surface area contributed by atoms with Crippen molar-refractivity contribution in [1.82, 2.24) is 9.13 Å². The van der Waals surface area contributed by atoms with Gasteiger partial charge in [0.05, 0.1) is 22.4 Å². The third kappa shape index (κ3) is 4.69. The molecular weight excluding hydrogens is 765 g/mol. The third-order valence-corrected chi connectivity index (χ3v) is 17.6. The summed E-state index contributed by atoms with van der Waals surface area (Å²) in [4.78, 5) is 0. The molecule has 2 nitrogen and oxygen atoms in total. The molecule has 2 fully saturated rings. The fourth-order valence-corrected chi connectivity index (χ4v) is 15.5. The van der Waals surface area contributed by atoms with E-state index in [0.717, 1.165) is 0 Å². The predicted molar refractivity (Wildman–Crippen MR) is 257 cm³/mol. The minimum Gasteiger partial charge on any atom is -0.309 e. The highest BCUT2D eigenvalue weighted by molar-refractivity contribution is 8.00. The topological polar surface area (TPSA) is 9.86 Å². The van der Waals surface area contributed by atoms with Gasteiger partial charge in [-0.15, -0.1) is 23.5 Å². The molecule has 2 saturated heterocycles. The molecule has 2 aromatic heterocycles. The Balaban J connectivity index is 1.05. The summed E-state index contributed by atoms with van der Waals surface area (Å²) in [7, 11) is 0. The van der Waals surface area contributed by atoms with E-state index in [2.05, 4.69) is 227 Å². The summed E-state index contributed by atoms with van der Waals surface area (Å²) in [6.45, 7) is 0. The molecule has 8 atom stereocenters. The van der Waals surface area contributed by atoms with Crippen LogP contribution in [0.4, 0.5) is 0 Å². The lowest BCUT2D eigenvalue weighted by Crippen LogP contribution is -2.18. The van der Waals surface area contributed by atoms with E-state index in [9.17, 15) is 0 Å². The van der Waals surface area contributed by atoms with Gasteiger partial charge in [0.15, 0.2) is 0 Å². The molecule has 60 heavy (non-hydrogen) atoms. The van der Waals surface area contributed by atoms with Crippen LogP contribution in [0.5, 0.6) is 0 Å². The van der Waals surface area contributed by atoms with E-state index in [1.807, 2.05) is 0 Å². The Hall–Kier alpha value is -5.94. The number of hydrogen-bond donors (Lipinski definition) is 0. The first-order valence-corrected chi connectivity index (χ1v) is 23.4. The van der Waals surface area contributed by atoms with Crippen molar-refractivity contribution in [3.8, 4) is 22.5 Å². The van der Waals surface area contributed by atoms with Crippen molar-refractivity contribution in [2.75, 3.05) is 0 Å². The van der Waals surface area contributed by atoms with Crippen LogP contribution < -0.4 is 0 Å². The zero-order valence-corrected chi connectivity index (χ0v) is 34.4. The van der Waals surface area contributed by atoms with Crippen LogP contribution in [0.15, 0.2) is 182 Å². The molecule has 0 N–H and O–H groups in total. The summed E-state index contributed by atoms with van der Waals surface area (Å²) in [6, 6.07) is 46.0. The molecule has 0 spiro atoms. The molecule has 2 aliphatic heterocycles. The first-order chi connectivity index (χ1) is 29.8. The smallest absolute Gasteiger partial charge is 0.0538 e. The minimum atomic E-state index is 0.404. The molecule has 14 rings (SSSR count). The van der Waals surface area contributed by atoms with Crippen molar-refractivity contribution in [2.24, 2.45) is 23.7 Å². The number of thioether (sulfide) groups is 2. The van der Waals surface area contributed by atoms with E-state index in [1.54, 1.807) is 0 Å². The molecule has 0 saturated carbocycles. The zero-order valence-electron chi connectivity index (χ0n) is 32.8. The molecule has 4 heterocycles. The summed E-state index contributed by atoms with van der Waals surface area (Å²) in [5.74, 6) is 2.02. The van der Waals surface area contributed by atoms with Crippen molar-refractivity contribution < 1.29 is 0 Å². The van der Waals surface area contributed by atoms with Gasteiger partial charge in [-0.25, -0.2) is 0 Å². The van der Waals surface area contributed by atoms with E-state index >= 15 is 0 Å². The highest BCUT2D eigenvalue weighted by Gasteiger charge is 2.47. The third-order valence-electron chi connectivity index (χ3n) is 14.4. The molecule has 8 unspecified atom stereocenters. The van der Waals surface area contributed by atoms with Crippen LogP contribution in [0.1, 0.15) is 33.0 Å². The summed E-state index contributed by atoms with van der Waals surface area (Å²) in [5.41, 5.74) is 13.0. The Morgan fingerprint density at radius 1 is 0.400 bits per heavy atom. The highest BCUT2D eigenvalue weighted by atomic mass is 32.2. The fourth-order valence-electron chi connectivity index (χ4n) is 11.8. The Morgan fingerprint density at radius 3 is 1.47 bits per heavy atom. The molecule has 286 valence electrons. The zero-order chi connectivity index (χ0) is 39.1. The van der Waals surface area contributed by atoms with E-state index < -0.39 is 0 Å². The van der Waals surface area contributed by atoms with Gasteiger partial charge in [0, 0.05) is 66.8 Å². The first-order valence-electron chi connectivity index (χ1n) is 21.5. The van der Waals surface area contributed by atoms with Gasteiger partial charge in [0.2, 0.25) is 0 Å². The quantitative estimate of drug-likeness (QED) is 0.165. The number of nitrogens with zero attached hydrogens (tertiary/aromatic N) is 2. The van der Waals surface area contributed by atoms with E-state index in [1.165, 1.54) is 88.4 Å². The average molecular weight is 805 g/mol. The number of hydrogen-bond acceptors (Lipinski definition) is 2. The van der Waals surface area contributed by atoms with Gasteiger partial charge in [-0.05, 0) is 92.3 Å². The number of para-hydroxylation sites is 2. The fraction of sp³-hybridized carbons (Fsp3) is 0.143. The van der Waals surface area contributed by atoms with Crippen molar-refractivity contribution in [3.63, 3.8) is 0 Å². The Labute approximate surface area is 358 Å². The van der Waals surface area contributed by atoms with Crippen molar-refractivity contribution >= 4 is 79.0 Å². The van der Waals surface area contributed by atoms with E-state index in [-0.39, 0.29) is 0 Å². The SMILES string of the molecule is C1=CC2SC3c4c(n(-c5cc(-c6cc7ccccc7c7ccccc67)cc(-n6c7c(c8ccccc86)C6SC8C=CC=CC8C6C=C7)c5)c5ccccc45)C=CC3C2C=C1. The number of rotatable bonds is 3. The summed E-state index contributed by atoms with van der Waals surface area (Å²) in [6.07, 6.45) is 28.7. The molecule has 6 aromatic carbocycles. The van der Waals surface area contributed by atoms with Crippen molar-refractivity contribution in [2.45, 2.75) is 21.0 Å². The summed E-state index contributed by atoms with van der Waals surface area (Å²) in [5, 5.41) is 9.69. The van der Waals surface area contributed by atoms with E-state index in [4.69, 9.17) is 0 Å². The van der Waals surface area contributed by atoms with Crippen LogP contribution in [0.2, 0.25) is 0 Å². The average Bonchev–Trinajstić information content (AvgIpc) is 4.06. The van der Waals surface area contributed by atoms with Gasteiger partial charge in [-0.3, -0.25) is 0 Å². The minimum absolute atomic E-state index is 0.404. The second kappa shape index (κ2) is 12.8. The van der Waals surface area contributed by atoms with Crippen molar-refractivity contribution in [1.29, 1.82) is 0 Å². The first kappa shape index (κ1) is 33.8. The molecule has 8 aromatic rings. The van der Waals surface area contributed by atoms with Crippen LogP contribution in [0, 0.1) is 23.7 Å². The van der Waals surface area contributed by atoms with Crippen LogP contribution in [-0.2, 0) is 0 Å². The predicted octanol–water partition coefficient (Wildman–Crippen LogP) is 14.6. The molecule has 4 heteroatoms. The second-order valence-electron chi connectivity index (χ2n) is 17.3. The normalized spacial score (nSPS) is 26.5. The number of aromatic nitrogens is 2. The van der Waals surface area contributed by atoms with Crippen LogP contribution in [-0.4, -0.2) is 19.6 Å². The molecule has 0 amide bonds. The number of allylic oxidation sites excluding steroid dienone is 8. The molecular formula is C56H40N2S2. The molecule has 4 aliphatic carbocycles. The molecule has 6 aliphatic rings. The molecule has 0 bridgehead atoms.